The number of hydrogen-bond donors (Lipinski definition) is 0. The predicted octanol–water partition coefficient (Wildman–Crippen LogP) is 0.867. The molecule has 0 saturated heterocycles. The van der Waals surface area contributed by atoms with Crippen molar-refractivity contribution in [2.45, 2.75) is 25.7 Å². The van der Waals surface area contributed by atoms with E-state index >= 15 is 0 Å². The van der Waals surface area contributed by atoms with E-state index in [-0.39, 0.29) is 5.97 Å². The van der Waals surface area contributed by atoms with E-state index in [9.17, 15) is 4.79 Å². The van der Waals surface area contributed by atoms with Gasteiger partial charge >= 0.3 is 5.97 Å². The van der Waals surface area contributed by atoms with Crippen molar-refractivity contribution in [1.29, 1.82) is 0 Å². The number of carbonyl (C=O) groups excluding carboxylic acids is 1. The van der Waals surface area contributed by atoms with Crippen LogP contribution in [0.2, 0.25) is 0 Å². The van der Waals surface area contributed by atoms with Crippen molar-refractivity contribution in [2.24, 2.45) is 5.92 Å². The van der Waals surface area contributed by atoms with Crippen LogP contribution >= 0.6 is 0 Å². The van der Waals surface area contributed by atoms with E-state index in [1.54, 1.807) is 0 Å². The second-order valence-electron chi connectivity index (χ2n) is 3.47. The highest BCUT2D eigenvalue weighted by Crippen LogP contribution is 2.24. The predicted molar refractivity (Wildman–Crippen MR) is 50.6 cm³/mol. The van der Waals surface area contributed by atoms with Crippen molar-refractivity contribution in [2.75, 3.05) is 7.11 Å². The second kappa shape index (κ2) is 4.34. The lowest BCUT2D eigenvalue weighted by Crippen LogP contribution is -2.12. The Morgan fingerprint density at radius 2 is 2.58 bits per heavy atom. The zero-order chi connectivity index (χ0) is 8.97. The van der Waals surface area contributed by atoms with Crippen molar-refractivity contribution in [3.05, 3.63) is 11.5 Å². The van der Waals surface area contributed by atoms with Crippen molar-refractivity contribution >= 4 is 13.8 Å². The van der Waals surface area contributed by atoms with Gasteiger partial charge in [-0.1, -0.05) is 6.08 Å². The number of esters is 1. The molecular formula is C9H15BO2. The van der Waals surface area contributed by atoms with E-state index in [0.717, 1.165) is 19.3 Å². The van der Waals surface area contributed by atoms with Gasteiger partial charge in [0.15, 0.2) is 0 Å². The van der Waals surface area contributed by atoms with Crippen LogP contribution in [0, 0.1) is 5.92 Å². The monoisotopic (exact) mass is 166 g/mol. The van der Waals surface area contributed by atoms with Gasteiger partial charge < -0.3 is 4.74 Å². The van der Waals surface area contributed by atoms with Crippen LogP contribution in [0.25, 0.3) is 0 Å². The molecule has 0 amide bonds. The van der Waals surface area contributed by atoms with E-state index in [1.807, 2.05) is 0 Å². The molecule has 0 bridgehead atoms. The molecule has 0 spiro atoms. The molecule has 66 valence electrons. The van der Waals surface area contributed by atoms with Crippen LogP contribution < -0.4 is 0 Å². The first-order chi connectivity index (χ1) is 5.72. The van der Waals surface area contributed by atoms with Gasteiger partial charge in [0.2, 0.25) is 0 Å². The lowest BCUT2D eigenvalue weighted by molar-refractivity contribution is -0.141. The van der Waals surface area contributed by atoms with Crippen LogP contribution in [0.5, 0.6) is 0 Å². The SMILES string of the molecule is BC1=CCC(CC(=O)OC)CC1. The maximum Gasteiger partial charge on any atom is 0.305 e. The summed E-state index contributed by atoms with van der Waals surface area (Å²) in [5.74, 6) is 0.439. The van der Waals surface area contributed by atoms with Gasteiger partial charge in [-0.05, 0) is 25.2 Å². The standard InChI is InChI=1S/C9H15BO2/c1-12-9(11)6-7-2-4-8(10)5-3-7/h4,7H,2-3,5-6,10H2,1H3. The molecular weight excluding hydrogens is 151 g/mol. The van der Waals surface area contributed by atoms with E-state index < -0.39 is 0 Å². The van der Waals surface area contributed by atoms with Crippen LogP contribution in [-0.4, -0.2) is 20.9 Å². The third-order valence-electron chi connectivity index (χ3n) is 2.43. The van der Waals surface area contributed by atoms with E-state index in [1.165, 1.54) is 12.6 Å². The molecule has 0 heterocycles. The summed E-state index contributed by atoms with van der Waals surface area (Å²) in [6.45, 7) is 0. The molecule has 2 nitrogen and oxygen atoms in total. The molecule has 1 atom stereocenters. The molecule has 3 heteroatoms. The minimum atomic E-state index is -0.0760. The molecule has 1 aliphatic carbocycles. The highest BCUT2D eigenvalue weighted by Gasteiger charge is 2.15. The Kier molecular flexibility index (Phi) is 3.38. The summed E-state index contributed by atoms with van der Waals surface area (Å²) in [4.78, 5) is 10.9. The second-order valence-corrected chi connectivity index (χ2v) is 3.47. The Morgan fingerprint density at radius 3 is 3.08 bits per heavy atom. The van der Waals surface area contributed by atoms with Gasteiger partial charge in [0.25, 0.3) is 0 Å². The largest absolute Gasteiger partial charge is 0.469 e. The maximum atomic E-state index is 10.9. The van der Waals surface area contributed by atoms with Gasteiger partial charge in [-0.2, -0.15) is 0 Å². The van der Waals surface area contributed by atoms with E-state index in [4.69, 9.17) is 0 Å². The lowest BCUT2D eigenvalue weighted by atomic mass is 9.80. The van der Waals surface area contributed by atoms with Crippen molar-refractivity contribution in [1.82, 2.24) is 0 Å². The topological polar surface area (TPSA) is 26.3 Å². The maximum absolute atomic E-state index is 10.9. The molecule has 0 saturated carbocycles. The van der Waals surface area contributed by atoms with Crippen molar-refractivity contribution in [3.63, 3.8) is 0 Å². The molecule has 1 aliphatic rings. The molecule has 0 aromatic rings. The Labute approximate surface area is 74.4 Å². The van der Waals surface area contributed by atoms with Crippen LogP contribution in [0.1, 0.15) is 25.7 Å². The fraction of sp³-hybridized carbons (Fsp3) is 0.667. The van der Waals surface area contributed by atoms with Gasteiger partial charge in [-0.15, -0.1) is 5.47 Å². The Balaban J connectivity index is 2.32. The fourth-order valence-electron chi connectivity index (χ4n) is 1.52. The molecule has 0 aromatic carbocycles. The van der Waals surface area contributed by atoms with Gasteiger partial charge in [0.05, 0.1) is 7.11 Å². The Hall–Kier alpha value is -0.725. The summed E-state index contributed by atoms with van der Waals surface area (Å²) in [5.41, 5.74) is 1.45. The third-order valence-corrected chi connectivity index (χ3v) is 2.43. The number of hydrogen-bond acceptors (Lipinski definition) is 2. The molecule has 12 heavy (non-hydrogen) atoms. The van der Waals surface area contributed by atoms with E-state index in [0.29, 0.717) is 12.3 Å². The number of rotatable bonds is 2. The smallest absolute Gasteiger partial charge is 0.305 e. The lowest BCUT2D eigenvalue weighted by Gasteiger charge is -2.18. The number of methoxy groups -OCH3 is 1. The fourth-order valence-corrected chi connectivity index (χ4v) is 1.52. The van der Waals surface area contributed by atoms with Crippen LogP contribution in [0.3, 0.4) is 0 Å². The normalized spacial score (nSPS) is 23.1. The minimum absolute atomic E-state index is 0.0760. The van der Waals surface area contributed by atoms with Gasteiger partial charge in [-0.25, -0.2) is 0 Å². The first kappa shape index (κ1) is 9.36. The zero-order valence-electron chi connectivity index (χ0n) is 7.80. The van der Waals surface area contributed by atoms with Gasteiger partial charge in [-0.3, -0.25) is 4.79 Å². The molecule has 1 rings (SSSR count). The molecule has 0 aliphatic heterocycles. The highest BCUT2D eigenvalue weighted by atomic mass is 16.5. The van der Waals surface area contributed by atoms with E-state index in [2.05, 4.69) is 18.7 Å². The third kappa shape index (κ3) is 2.72. The zero-order valence-corrected chi connectivity index (χ0v) is 7.80. The summed E-state index contributed by atoms with van der Waals surface area (Å²) in [7, 11) is 3.60. The average molecular weight is 166 g/mol. The highest BCUT2D eigenvalue weighted by molar-refractivity contribution is 6.21. The molecule has 0 N–H and O–H groups in total. The van der Waals surface area contributed by atoms with Crippen LogP contribution in [0.4, 0.5) is 0 Å². The first-order valence-corrected chi connectivity index (χ1v) is 4.45. The first-order valence-electron chi connectivity index (χ1n) is 4.45. The van der Waals surface area contributed by atoms with Gasteiger partial charge in [0.1, 0.15) is 7.85 Å². The van der Waals surface area contributed by atoms with Gasteiger partial charge in [0, 0.05) is 6.42 Å². The Bertz CT molecular complexity index is 199. The number of ether oxygens (including phenoxy) is 1. The Morgan fingerprint density at radius 1 is 1.83 bits per heavy atom. The van der Waals surface area contributed by atoms with Crippen molar-refractivity contribution < 1.29 is 9.53 Å². The van der Waals surface area contributed by atoms with Crippen LogP contribution in [0.15, 0.2) is 11.5 Å². The minimum Gasteiger partial charge on any atom is -0.469 e. The van der Waals surface area contributed by atoms with Crippen LogP contribution in [-0.2, 0) is 9.53 Å². The summed E-state index contributed by atoms with van der Waals surface area (Å²) in [5, 5.41) is 0. The molecule has 0 fully saturated rings. The quantitative estimate of drug-likeness (QED) is 0.449. The average Bonchev–Trinajstić information content (AvgIpc) is 2.09. The molecule has 1 unspecified atom stereocenters. The summed E-state index contributed by atoms with van der Waals surface area (Å²) in [6.07, 6.45) is 6.14. The summed E-state index contributed by atoms with van der Waals surface area (Å²) >= 11 is 0. The number of carbonyl (C=O) groups is 1. The summed E-state index contributed by atoms with van der Waals surface area (Å²) < 4.78 is 4.62. The summed E-state index contributed by atoms with van der Waals surface area (Å²) in [6, 6.07) is 0. The van der Waals surface area contributed by atoms with Crippen molar-refractivity contribution in [3.8, 4) is 0 Å². The molecule has 0 aromatic heterocycles. The number of allylic oxidation sites excluding steroid dienone is 2. The molecule has 0 radical (unpaired) electrons.